The van der Waals surface area contributed by atoms with Gasteiger partial charge < -0.3 is 15.4 Å². The Kier molecular flexibility index (Phi) is 8.79. The summed E-state index contributed by atoms with van der Waals surface area (Å²) in [6.07, 6.45) is 2.40. The largest absolute Gasteiger partial charge is 0.466 e. The number of anilines is 1. The van der Waals surface area contributed by atoms with Crippen LogP contribution in [0.15, 0.2) is 30.3 Å². The molecule has 7 nitrogen and oxygen atoms in total. The van der Waals surface area contributed by atoms with Crippen molar-refractivity contribution in [2.24, 2.45) is 0 Å². The zero-order valence-electron chi connectivity index (χ0n) is 15.1. The lowest BCUT2D eigenvalue weighted by Gasteiger charge is -2.07. The zero-order chi connectivity index (χ0) is 19.5. The van der Waals surface area contributed by atoms with Crippen LogP contribution in [-0.2, 0) is 27.2 Å². The first kappa shape index (κ1) is 20.9. The molecule has 0 aliphatic carbocycles. The van der Waals surface area contributed by atoms with Crippen LogP contribution in [0.25, 0.3) is 0 Å². The van der Waals surface area contributed by atoms with E-state index in [0.717, 1.165) is 24.3 Å². The van der Waals surface area contributed by atoms with Gasteiger partial charge in [-0.25, -0.2) is 0 Å². The van der Waals surface area contributed by atoms with E-state index >= 15 is 0 Å². The second-order valence-corrected chi connectivity index (χ2v) is 7.14. The Morgan fingerprint density at radius 1 is 1.19 bits per heavy atom. The fourth-order valence-corrected chi connectivity index (χ4v) is 3.12. The number of carbonyl (C=O) groups is 2. The molecule has 0 saturated heterocycles. The van der Waals surface area contributed by atoms with Crippen molar-refractivity contribution in [1.82, 2.24) is 15.5 Å². The molecule has 27 heavy (non-hydrogen) atoms. The third-order valence-corrected chi connectivity index (χ3v) is 4.70. The van der Waals surface area contributed by atoms with Gasteiger partial charge in [0.25, 0.3) is 0 Å². The summed E-state index contributed by atoms with van der Waals surface area (Å²) in [6, 6.07) is 9.99. The van der Waals surface area contributed by atoms with Crippen molar-refractivity contribution in [2.45, 2.75) is 39.0 Å². The van der Waals surface area contributed by atoms with Gasteiger partial charge in [0.2, 0.25) is 11.0 Å². The number of benzene rings is 1. The molecule has 0 aliphatic rings. The van der Waals surface area contributed by atoms with E-state index in [2.05, 4.69) is 20.8 Å². The molecule has 1 aromatic carbocycles. The van der Waals surface area contributed by atoms with Crippen LogP contribution >= 0.6 is 23.6 Å². The van der Waals surface area contributed by atoms with Crippen LogP contribution in [0.4, 0.5) is 5.13 Å². The quantitative estimate of drug-likeness (QED) is 0.376. The fourth-order valence-electron chi connectivity index (χ4n) is 2.16. The van der Waals surface area contributed by atoms with Gasteiger partial charge in [-0.2, -0.15) is 0 Å². The predicted octanol–water partition coefficient (Wildman–Crippen LogP) is 2.87. The summed E-state index contributed by atoms with van der Waals surface area (Å²) in [6.45, 7) is 2.32. The molecule has 0 unspecified atom stereocenters. The summed E-state index contributed by atoms with van der Waals surface area (Å²) in [4.78, 5) is 23.5. The lowest BCUT2D eigenvalue weighted by molar-refractivity contribution is -0.145. The minimum absolute atomic E-state index is 0.00959. The highest BCUT2D eigenvalue weighted by Gasteiger charge is 2.11. The van der Waals surface area contributed by atoms with Crippen LogP contribution in [0.1, 0.15) is 36.8 Å². The highest BCUT2D eigenvalue weighted by atomic mass is 32.1. The maximum Gasteiger partial charge on any atom is 0.306 e. The average molecular weight is 407 g/mol. The third-order valence-electron chi connectivity index (χ3n) is 3.51. The van der Waals surface area contributed by atoms with Gasteiger partial charge in [0.15, 0.2) is 5.11 Å². The Bertz CT molecular complexity index is 765. The molecule has 2 aromatic rings. The Balaban J connectivity index is 1.57. The van der Waals surface area contributed by atoms with Gasteiger partial charge in [-0.05, 0) is 37.0 Å². The molecule has 0 fully saturated rings. The van der Waals surface area contributed by atoms with Gasteiger partial charge in [-0.3, -0.25) is 9.59 Å². The van der Waals surface area contributed by atoms with Crippen molar-refractivity contribution >= 4 is 45.7 Å². The van der Waals surface area contributed by atoms with E-state index in [9.17, 15) is 9.59 Å². The van der Waals surface area contributed by atoms with Crippen molar-refractivity contribution < 1.29 is 14.3 Å². The summed E-state index contributed by atoms with van der Waals surface area (Å²) in [5.41, 5.74) is 1.20. The van der Waals surface area contributed by atoms with E-state index in [1.54, 1.807) is 0 Å². The first-order chi connectivity index (χ1) is 13.1. The van der Waals surface area contributed by atoms with Gasteiger partial charge in [0.05, 0.1) is 13.0 Å². The fraction of sp³-hybridized carbons (Fsp3) is 0.389. The third kappa shape index (κ3) is 8.23. The van der Waals surface area contributed by atoms with Crippen LogP contribution in [0.5, 0.6) is 0 Å². The second kappa shape index (κ2) is 11.3. The highest BCUT2D eigenvalue weighted by molar-refractivity contribution is 7.80. The Hall–Kier alpha value is -2.39. The molecule has 1 heterocycles. The number of rotatable bonds is 9. The average Bonchev–Trinajstić information content (AvgIpc) is 3.11. The maximum absolute atomic E-state index is 11.8. The summed E-state index contributed by atoms with van der Waals surface area (Å²) in [5.74, 6) is -0.747. The number of nitrogens with one attached hydrogen (secondary N) is 2. The topological polar surface area (TPSA) is 93.2 Å². The normalized spacial score (nSPS) is 10.3. The number of aromatic nitrogens is 2. The first-order valence-corrected chi connectivity index (χ1v) is 9.92. The number of aryl methyl sites for hydroxylation is 2. The lowest BCUT2D eigenvalue weighted by atomic mass is 10.1. The number of thiocarbonyl (C=S) groups is 1. The van der Waals surface area contributed by atoms with Crippen molar-refractivity contribution in [1.29, 1.82) is 0 Å². The van der Waals surface area contributed by atoms with Crippen LogP contribution < -0.4 is 10.6 Å². The molecule has 1 amide bonds. The summed E-state index contributed by atoms with van der Waals surface area (Å²) >= 11 is 6.42. The van der Waals surface area contributed by atoms with Crippen molar-refractivity contribution in [3.8, 4) is 0 Å². The van der Waals surface area contributed by atoms with Crippen LogP contribution in [0, 0.1) is 0 Å². The highest BCUT2D eigenvalue weighted by Crippen LogP contribution is 2.15. The van der Waals surface area contributed by atoms with E-state index < -0.39 is 5.97 Å². The predicted molar refractivity (Wildman–Crippen MR) is 109 cm³/mol. The Morgan fingerprint density at radius 3 is 2.67 bits per heavy atom. The van der Waals surface area contributed by atoms with E-state index in [-0.39, 0.29) is 23.9 Å². The van der Waals surface area contributed by atoms with Crippen LogP contribution in [0.3, 0.4) is 0 Å². The minimum atomic E-state index is -0.395. The number of carbonyl (C=O) groups excluding carboxylic acids is 2. The van der Waals surface area contributed by atoms with Gasteiger partial charge in [-0.15, -0.1) is 10.2 Å². The Morgan fingerprint density at radius 2 is 1.96 bits per heavy atom. The first-order valence-electron chi connectivity index (χ1n) is 8.69. The second-order valence-electron chi connectivity index (χ2n) is 5.67. The minimum Gasteiger partial charge on any atom is -0.466 e. The standard InChI is InChI=1S/C18H22N4O3S2/c1-2-15-21-22-18(27-15)20-17(26)19-14(23)10-11-16(24)25-12-6-9-13-7-4-3-5-8-13/h3-5,7-8H,2,6,9-12H2,1H3,(H2,19,20,22,23,26). The molecule has 0 bridgehead atoms. The molecule has 2 rings (SSSR count). The molecule has 0 spiro atoms. The SMILES string of the molecule is CCc1nnc(NC(=S)NC(=O)CCC(=O)OCCCc2ccccc2)s1. The number of ether oxygens (including phenoxy) is 1. The smallest absolute Gasteiger partial charge is 0.306 e. The molecule has 144 valence electrons. The number of amides is 1. The molecular formula is C18H22N4O3S2. The van der Waals surface area contributed by atoms with Crippen LogP contribution in [-0.4, -0.2) is 33.8 Å². The molecule has 1 aromatic heterocycles. The molecule has 0 aliphatic heterocycles. The van der Waals surface area contributed by atoms with Crippen molar-refractivity contribution in [2.75, 3.05) is 11.9 Å². The molecule has 0 saturated carbocycles. The molecular weight excluding hydrogens is 384 g/mol. The van der Waals surface area contributed by atoms with Gasteiger partial charge in [0.1, 0.15) is 5.01 Å². The number of esters is 1. The monoisotopic (exact) mass is 406 g/mol. The van der Waals surface area contributed by atoms with E-state index in [1.165, 1.54) is 16.9 Å². The van der Waals surface area contributed by atoms with E-state index in [0.29, 0.717) is 11.7 Å². The van der Waals surface area contributed by atoms with Gasteiger partial charge in [0, 0.05) is 6.42 Å². The zero-order valence-corrected chi connectivity index (χ0v) is 16.7. The van der Waals surface area contributed by atoms with Crippen LogP contribution in [0.2, 0.25) is 0 Å². The summed E-state index contributed by atoms with van der Waals surface area (Å²) < 4.78 is 5.15. The number of hydrogen-bond acceptors (Lipinski definition) is 7. The summed E-state index contributed by atoms with van der Waals surface area (Å²) in [5, 5.41) is 14.7. The van der Waals surface area contributed by atoms with Crippen molar-refractivity contribution in [3.63, 3.8) is 0 Å². The molecule has 0 atom stereocenters. The summed E-state index contributed by atoms with van der Waals surface area (Å²) in [7, 11) is 0. The van der Waals surface area contributed by atoms with E-state index in [1.807, 2.05) is 37.3 Å². The lowest BCUT2D eigenvalue weighted by Crippen LogP contribution is -2.34. The van der Waals surface area contributed by atoms with E-state index in [4.69, 9.17) is 17.0 Å². The molecule has 9 heteroatoms. The molecule has 0 radical (unpaired) electrons. The van der Waals surface area contributed by atoms with Gasteiger partial charge in [-0.1, -0.05) is 48.6 Å². The number of hydrogen-bond donors (Lipinski definition) is 2. The van der Waals surface area contributed by atoms with Crippen molar-refractivity contribution in [3.05, 3.63) is 40.9 Å². The molecule has 2 N–H and O–H groups in total. The number of nitrogens with zero attached hydrogens (tertiary/aromatic N) is 2. The maximum atomic E-state index is 11.8. The van der Waals surface area contributed by atoms with Gasteiger partial charge >= 0.3 is 5.97 Å². The Labute approximate surface area is 167 Å².